The quantitative estimate of drug-likeness (QED) is 0.509. The zero-order valence-electron chi connectivity index (χ0n) is 15.6. The molecule has 0 aliphatic rings. The van der Waals surface area contributed by atoms with Crippen LogP contribution in [-0.2, 0) is 6.54 Å². The van der Waals surface area contributed by atoms with E-state index in [2.05, 4.69) is 26.7 Å². The molecule has 3 rings (SSSR count). The predicted molar refractivity (Wildman–Crippen MR) is 100 cm³/mol. The Labute approximate surface area is 160 Å². The fraction of sp³-hybridized carbons (Fsp3) is 0.222. The minimum Gasteiger partial charge on any atom is -0.469 e. The molecule has 0 spiro atoms. The maximum Gasteiger partial charge on any atom is 0.352 e. The summed E-state index contributed by atoms with van der Waals surface area (Å²) in [6.07, 6.45) is 1.37. The molecule has 0 fully saturated rings. The number of aryl methyl sites for hydroxylation is 3. The van der Waals surface area contributed by atoms with Crippen LogP contribution in [0.4, 0.5) is 4.79 Å². The van der Waals surface area contributed by atoms with E-state index in [-0.39, 0.29) is 0 Å². The Balaban J connectivity index is 1.55. The monoisotopic (exact) mass is 384 g/mol. The van der Waals surface area contributed by atoms with Crippen LogP contribution in [-0.4, -0.2) is 27.4 Å². The van der Waals surface area contributed by atoms with E-state index in [1.807, 2.05) is 18.4 Å². The van der Waals surface area contributed by atoms with Crippen molar-refractivity contribution in [2.45, 2.75) is 27.3 Å². The van der Waals surface area contributed by atoms with Gasteiger partial charge in [0.1, 0.15) is 11.6 Å². The zero-order valence-corrected chi connectivity index (χ0v) is 15.6. The molecule has 28 heavy (non-hydrogen) atoms. The summed E-state index contributed by atoms with van der Waals surface area (Å²) in [5.74, 6) is 0.220. The Bertz CT molecular complexity index is 1050. The fourth-order valence-corrected chi connectivity index (χ4v) is 2.81. The molecule has 10 nitrogen and oxygen atoms in total. The van der Waals surface area contributed by atoms with Crippen molar-refractivity contribution in [2.75, 3.05) is 0 Å². The maximum absolute atomic E-state index is 12.2. The minimum absolute atomic E-state index is 0.291. The van der Waals surface area contributed by atoms with Crippen molar-refractivity contribution in [1.29, 1.82) is 0 Å². The highest BCUT2D eigenvalue weighted by molar-refractivity contribution is 5.99. The number of urea groups is 1. The molecule has 10 heteroatoms. The number of carbonyl (C=O) groups is 3. The summed E-state index contributed by atoms with van der Waals surface area (Å²) < 4.78 is 7.05. The summed E-state index contributed by atoms with van der Waals surface area (Å²) in [6.45, 7) is 6.31. The van der Waals surface area contributed by atoms with Crippen LogP contribution < -0.4 is 21.7 Å². The van der Waals surface area contributed by atoms with Gasteiger partial charge < -0.3 is 8.98 Å². The Hall–Kier alpha value is -3.82. The average molecular weight is 384 g/mol. The molecule has 0 saturated carbocycles. The number of nitrogens with one attached hydrogen (secondary N) is 4. The third kappa shape index (κ3) is 3.80. The molecule has 146 valence electrons. The normalized spacial score (nSPS) is 10.5. The summed E-state index contributed by atoms with van der Waals surface area (Å²) in [4.78, 5) is 40.3. The first-order chi connectivity index (χ1) is 13.4. The van der Waals surface area contributed by atoms with Crippen molar-refractivity contribution in [3.05, 3.63) is 53.2 Å². The number of nitrogens with zero attached hydrogens (tertiary/aromatic N) is 2. The number of rotatable bonds is 3. The van der Waals surface area contributed by atoms with Gasteiger partial charge in [0.05, 0.1) is 22.9 Å². The highest BCUT2D eigenvalue weighted by atomic mass is 16.3. The molecular weight excluding hydrogens is 364 g/mol. The molecule has 0 aliphatic carbocycles. The molecule has 2 aromatic heterocycles. The van der Waals surface area contributed by atoms with E-state index in [0.29, 0.717) is 22.4 Å². The number of hydrogen-bond acceptors (Lipinski definition) is 5. The van der Waals surface area contributed by atoms with E-state index >= 15 is 0 Å². The lowest BCUT2D eigenvalue weighted by molar-refractivity contribution is 0.0928. The van der Waals surface area contributed by atoms with Gasteiger partial charge in [-0.1, -0.05) is 0 Å². The first-order valence-corrected chi connectivity index (χ1v) is 8.58. The molecule has 4 N–H and O–H groups in total. The van der Waals surface area contributed by atoms with Gasteiger partial charge in [-0.05, 0) is 45.0 Å². The second-order valence-electron chi connectivity index (χ2n) is 5.98. The standard InChI is InChI=1S/C18H20N6O4/c1-4-24-11(3)19-14-9-12(5-6-15(14)24)16(25)20-22-18(27)23-21-17(26)13-7-8-28-10(13)2/h5-9H,4H2,1-3H3,(H,20,25)(H,21,26)(H2,22,23,27). The molecule has 1 aromatic carbocycles. The van der Waals surface area contributed by atoms with Crippen molar-refractivity contribution in [1.82, 2.24) is 31.3 Å². The molecule has 0 bridgehead atoms. The van der Waals surface area contributed by atoms with Gasteiger partial charge in [-0.3, -0.25) is 20.4 Å². The van der Waals surface area contributed by atoms with Gasteiger partial charge in [-0.25, -0.2) is 20.6 Å². The van der Waals surface area contributed by atoms with Gasteiger partial charge in [0.2, 0.25) is 0 Å². The predicted octanol–water partition coefficient (Wildman–Crippen LogP) is 1.56. The Morgan fingerprint density at radius 3 is 2.39 bits per heavy atom. The van der Waals surface area contributed by atoms with Gasteiger partial charge in [-0.15, -0.1) is 0 Å². The number of aromatic nitrogens is 2. The van der Waals surface area contributed by atoms with Crippen LogP contribution in [0.3, 0.4) is 0 Å². The molecule has 3 aromatic rings. The summed E-state index contributed by atoms with van der Waals surface area (Å²) in [7, 11) is 0. The number of hydrogen-bond donors (Lipinski definition) is 4. The summed E-state index contributed by atoms with van der Waals surface area (Å²) >= 11 is 0. The van der Waals surface area contributed by atoms with E-state index in [4.69, 9.17) is 4.42 Å². The van der Waals surface area contributed by atoms with E-state index in [9.17, 15) is 14.4 Å². The summed E-state index contributed by atoms with van der Waals surface area (Å²) in [5, 5.41) is 0. The number of furan rings is 1. The van der Waals surface area contributed by atoms with Crippen LogP contribution >= 0.6 is 0 Å². The average Bonchev–Trinajstić information content (AvgIpc) is 3.25. The molecule has 4 amide bonds. The van der Waals surface area contributed by atoms with E-state index in [1.165, 1.54) is 12.3 Å². The van der Waals surface area contributed by atoms with Crippen molar-refractivity contribution < 1.29 is 18.8 Å². The van der Waals surface area contributed by atoms with Crippen LogP contribution in [0, 0.1) is 13.8 Å². The molecular formula is C18H20N6O4. The van der Waals surface area contributed by atoms with Crippen molar-refractivity contribution >= 4 is 28.9 Å². The Kier molecular flexibility index (Phi) is 5.30. The smallest absolute Gasteiger partial charge is 0.352 e. The number of fused-ring (bicyclic) bond motifs is 1. The number of hydrazine groups is 2. The van der Waals surface area contributed by atoms with Gasteiger partial charge in [-0.2, -0.15) is 0 Å². The molecule has 0 unspecified atom stereocenters. The third-order valence-electron chi connectivity index (χ3n) is 4.20. The SMILES string of the molecule is CCn1c(C)nc2cc(C(=O)NNC(=O)NNC(=O)c3ccoc3C)ccc21. The van der Waals surface area contributed by atoms with Crippen LogP contribution in [0.1, 0.15) is 39.2 Å². The molecule has 0 aliphatic heterocycles. The maximum atomic E-state index is 12.2. The number of amides is 4. The van der Waals surface area contributed by atoms with E-state index in [1.54, 1.807) is 25.1 Å². The lowest BCUT2D eigenvalue weighted by Crippen LogP contribution is -2.52. The summed E-state index contributed by atoms with van der Waals surface area (Å²) in [6, 6.07) is 5.77. The largest absolute Gasteiger partial charge is 0.469 e. The van der Waals surface area contributed by atoms with Crippen LogP contribution in [0.25, 0.3) is 11.0 Å². The lowest BCUT2D eigenvalue weighted by Gasteiger charge is -2.10. The minimum atomic E-state index is -0.810. The van der Waals surface area contributed by atoms with Crippen molar-refractivity contribution in [2.24, 2.45) is 0 Å². The van der Waals surface area contributed by atoms with Crippen molar-refractivity contribution in [3.63, 3.8) is 0 Å². The van der Waals surface area contributed by atoms with Gasteiger partial charge in [0.15, 0.2) is 0 Å². The van der Waals surface area contributed by atoms with Gasteiger partial charge in [0.25, 0.3) is 11.8 Å². The first kappa shape index (κ1) is 19.0. The Morgan fingerprint density at radius 1 is 1.04 bits per heavy atom. The van der Waals surface area contributed by atoms with E-state index in [0.717, 1.165) is 17.9 Å². The second-order valence-corrected chi connectivity index (χ2v) is 5.98. The van der Waals surface area contributed by atoms with Crippen LogP contribution in [0.2, 0.25) is 0 Å². The topological polar surface area (TPSA) is 130 Å². The second kappa shape index (κ2) is 7.82. The van der Waals surface area contributed by atoms with Gasteiger partial charge in [0, 0.05) is 12.1 Å². The number of carbonyl (C=O) groups excluding carboxylic acids is 3. The molecule has 0 radical (unpaired) electrons. The highest BCUT2D eigenvalue weighted by Gasteiger charge is 2.14. The zero-order chi connectivity index (χ0) is 20.3. The number of benzene rings is 1. The lowest BCUT2D eigenvalue weighted by atomic mass is 10.2. The number of imidazole rings is 1. The van der Waals surface area contributed by atoms with Crippen molar-refractivity contribution in [3.8, 4) is 0 Å². The van der Waals surface area contributed by atoms with Crippen LogP contribution in [0.15, 0.2) is 34.9 Å². The summed E-state index contributed by atoms with van der Waals surface area (Å²) in [5.41, 5.74) is 11.0. The van der Waals surface area contributed by atoms with Crippen LogP contribution in [0.5, 0.6) is 0 Å². The van der Waals surface area contributed by atoms with E-state index < -0.39 is 17.8 Å². The van der Waals surface area contributed by atoms with Gasteiger partial charge >= 0.3 is 6.03 Å². The third-order valence-corrected chi connectivity index (χ3v) is 4.20. The first-order valence-electron chi connectivity index (χ1n) is 8.58. The highest BCUT2D eigenvalue weighted by Crippen LogP contribution is 2.17. The fourth-order valence-electron chi connectivity index (χ4n) is 2.81. The molecule has 2 heterocycles. The molecule has 0 saturated heterocycles. The molecule has 0 atom stereocenters. The Morgan fingerprint density at radius 2 is 1.75 bits per heavy atom.